The Kier molecular flexibility index (Phi) is 5.33. The van der Waals surface area contributed by atoms with E-state index in [0.29, 0.717) is 29.3 Å². The van der Waals surface area contributed by atoms with Crippen molar-refractivity contribution in [2.75, 3.05) is 0 Å². The number of fused-ring (bicyclic) bond motifs is 1. The number of ketones is 1. The van der Waals surface area contributed by atoms with E-state index in [4.69, 9.17) is 11.6 Å². The summed E-state index contributed by atoms with van der Waals surface area (Å²) in [4.78, 5) is 13.4. The van der Waals surface area contributed by atoms with Gasteiger partial charge in [-0.3, -0.25) is 9.48 Å². The monoisotopic (exact) mass is 468 g/mol. The Morgan fingerprint density at radius 3 is 2.38 bits per heavy atom. The third-order valence-electron chi connectivity index (χ3n) is 7.92. The van der Waals surface area contributed by atoms with E-state index in [2.05, 4.69) is 60.6 Å². The van der Waals surface area contributed by atoms with Gasteiger partial charge < -0.3 is 0 Å². The van der Waals surface area contributed by atoms with Crippen LogP contribution in [0.25, 0.3) is 22.0 Å². The summed E-state index contributed by atoms with van der Waals surface area (Å²) in [6.45, 7) is 2.94. The zero-order valence-electron chi connectivity index (χ0n) is 19.5. The SMILES string of the molecule is CC1CC2(C1)CC(CC(=O)c1ccc(Cl)c3cnn(Cc4ccc(-c5ccccc5)cc4)c13)C2. The van der Waals surface area contributed by atoms with Crippen LogP contribution in [0.5, 0.6) is 0 Å². The summed E-state index contributed by atoms with van der Waals surface area (Å²) in [5, 5.41) is 6.12. The lowest BCUT2D eigenvalue weighted by molar-refractivity contribution is -0.0611. The van der Waals surface area contributed by atoms with Gasteiger partial charge in [0.25, 0.3) is 0 Å². The Labute approximate surface area is 205 Å². The lowest BCUT2D eigenvalue weighted by atomic mass is 9.48. The fraction of sp³-hybridized carbons (Fsp3) is 0.333. The van der Waals surface area contributed by atoms with E-state index in [9.17, 15) is 4.79 Å². The number of carbonyl (C=O) groups is 1. The molecule has 4 heteroatoms. The van der Waals surface area contributed by atoms with Crippen molar-refractivity contribution in [3.63, 3.8) is 0 Å². The molecule has 2 aliphatic carbocycles. The highest BCUT2D eigenvalue weighted by atomic mass is 35.5. The van der Waals surface area contributed by atoms with Crippen LogP contribution in [0, 0.1) is 17.3 Å². The third-order valence-corrected chi connectivity index (χ3v) is 8.25. The maximum atomic E-state index is 13.4. The molecule has 0 unspecified atom stereocenters. The molecule has 3 nitrogen and oxygen atoms in total. The Morgan fingerprint density at radius 1 is 0.971 bits per heavy atom. The van der Waals surface area contributed by atoms with Crippen LogP contribution in [0.2, 0.25) is 5.02 Å². The number of rotatable bonds is 6. The van der Waals surface area contributed by atoms with E-state index in [1.165, 1.54) is 36.8 Å². The van der Waals surface area contributed by atoms with Gasteiger partial charge in [0.1, 0.15) is 0 Å². The van der Waals surface area contributed by atoms with E-state index in [-0.39, 0.29) is 5.78 Å². The number of carbonyl (C=O) groups excluding carboxylic acids is 1. The van der Waals surface area contributed by atoms with Gasteiger partial charge in [-0.1, -0.05) is 73.1 Å². The second-order valence-corrected chi connectivity index (χ2v) is 11.0. The van der Waals surface area contributed by atoms with Gasteiger partial charge in [-0.05, 0) is 71.8 Å². The number of Topliss-reactive ketones (excluding diaryl/α,β-unsaturated/α-hetero) is 1. The number of halogens is 1. The molecule has 6 rings (SSSR count). The zero-order chi connectivity index (χ0) is 23.3. The van der Waals surface area contributed by atoms with Gasteiger partial charge in [-0.25, -0.2) is 0 Å². The number of hydrogen-bond donors (Lipinski definition) is 0. The normalized spacial score (nSPS) is 23.6. The predicted molar refractivity (Wildman–Crippen MR) is 138 cm³/mol. The first-order valence-corrected chi connectivity index (χ1v) is 12.7. The molecule has 2 saturated carbocycles. The molecule has 34 heavy (non-hydrogen) atoms. The molecule has 0 aliphatic heterocycles. The van der Waals surface area contributed by atoms with Gasteiger partial charge in [0.15, 0.2) is 5.78 Å². The van der Waals surface area contributed by atoms with Crippen molar-refractivity contribution in [3.8, 4) is 11.1 Å². The van der Waals surface area contributed by atoms with Crippen molar-refractivity contribution in [2.45, 2.75) is 45.6 Å². The molecular weight excluding hydrogens is 440 g/mol. The number of benzene rings is 3. The molecule has 0 saturated heterocycles. The Balaban J connectivity index is 1.23. The Bertz CT molecular complexity index is 1340. The van der Waals surface area contributed by atoms with Crippen LogP contribution in [-0.4, -0.2) is 15.6 Å². The molecule has 0 amide bonds. The van der Waals surface area contributed by atoms with E-state index in [1.807, 2.05) is 22.9 Å². The Morgan fingerprint density at radius 2 is 1.68 bits per heavy atom. The average molecular weight is 469 g/mol. The van der Waals surface area contributed by atoms with Crippen molar-refractivity contribution < 1.29 is 4.79 Å². The Hall–Kier alpha value is -2.91. The molecule has 0 N–H and O–H groups in total. The van der Waals surface area contributed by atoms with Crippen LogP contribution in [0.15, 0.2) is 72.9 Å². The molecule has 2 fully saturated rings. The van der Waals surface area contributed by atoms with Gasteiger partial charge >= 0.3 is 0 Å². The van der Waals surface area contributed by atoms with Crippen molar-refractivity contribution in [2.24, 2.45) is 17.3 Å². The summed E-state index contributed by atoms with van der Waals surface area (Å²) in [7, 11) is 0. The second kappa shape index (κ2) is 8.39. The van der Waals surface area contributed by atoms with Crippen LogP contribution in [0.3, 0.4) is 0 Å². The largest absolute Gasteiger partial charge is 0.294 e. The third kappa shape index (κ3) is 3.86. The first-order chi connectivity index (χ1) is 16.5. The zero-order valence-corrected chi connectivity index (χ0v) is 20.3. The quantitative estimate of drug-likeness (QED) is 0.270. The van der Waals surface area contributed by atoms with Crippen molar-refractivity contribution in [1.29, 1.82) is 0 Å². The molecule has 2 aliphatic rings. The van der Waals surface area contributed by atoms with Crippen LogP contribution < -0.4 is 0 Å². The number of hydrogen-bond acceptors (Lipinski definition) is 2. The van der Waals surface area contributed by atoms with Crippen LogP contribution in [-0.2, 0) is 6.54 Å². The minimum absolute atomic E-state index is 0.218. The number of nitrogens with zero attached hydrogens (tertiary/aromatic N) is 2. The summed E-state index contributed by atoms with van der Waals surface area (Å²) < 4.78 is 1.93. The average Bonchev–Trinajstić information content (AvgIpc) is 3.22. The highest BCUT2D eigenvalue weighted by molar-refractivity contribution is 6.36. The second-order valence-electron chi connectivity index (χ2n) is 10.6. The lowest BCUT2D eigenvalue weighted by Crippen LogP contribution is -2.47. The van der Waals surface area contributed by atoms with Gasteiger partial charge in [-0.15, -0.1) is 0 Å². The molecule has 1 aromatic heterocycles. The van der Waals surface area contributed by atoms with Crippen molar-refractivity contribution in [1.82, 2.24) is 9.78 Å². The van der Waals surface area contributed by atoms with Crippen LogP contribution in [0.4, 0.5) is 0 Å². The predicted octanol–water partition coefficient (Wildman–Crippen LogP) is 7.80. The highest BCUT2D eigenvalue weighted by Crippen LogP contribution is 2.61. The minimum Gasteiger partial charge on any atom is -0.294 e. The molecular formula is C30H29ClN2O. The molecule has 1 spiro atoms. The van der Waals surface area contributed by atoms with Crippen LogP contribution >= 0.6 is 11.6 Å². The highest BCUT2D eigenvalue weighted by Gasteiger charge is 2.51. The summed E-state index contributed by atoms with van der Waals surface area (Å²) in [5.41, 5.74) is 5.70. The maximum absolute atomic E-state index is 13.4. The van der Waals surface area contributed by atoms with E-state index in [0.717, 1.165) is 27.9 Å². The minimum atomic E-state index is 0.218. The van der Waals surface area contributed by atoms with Gasteiger partial charge in [0, 0.05) is 17.4 Å². The standard InChI is InChI=1S/C30H29ClN2O/c1-20-14-30(15-20)16-22(17-30)13-28(34)25-11-12-27(31)26-18-32-33(29(25)26)19-21-7-9-24(10-8-21)23-5-3-2-4-6-23/h2-12,18,20,22H,13-17,19H2,1H3. The molecule has 4 aromatic rings. The smallest absolute Gasteiger partial charge is 0.165 e. The van der Waals surface area contributed by atoms with E-state index in [1.54, 1.807) is 6.20 Å². The summed E-state index contributed by atoms with van der Waals surface area (Å²) in [5.74, 6) is 1.60. The topological polar surface area (TPSA) is 34.9 Å². The molecule has 0 atom stereocenters. The van der Waals surface area contributed by atoms with E-state index >= 15 is 0 Å². The molecule has 0 bridgehead atoms. The van der Waals surface area contributed by atoms with Crippen LogP contribution in [0.1, 0.15) is 54.9 Å². The van der Waals surface area contributed by atoms with Gasteiger partial charge in [-0.2, -0.15) is 5.10 Å². The van der Waals surface area contributed by atoms with E-state index < -0.39 is 0 Å². The first kappa shape index (κ1) is 21.6. The lowest BCUT2D eigenvalue weighted by Gasteiger charge is -2.57. The van der Waals surface area contributed by atoms with Crippen molar-refractivity contribution >= 4 is 28.3 Å². The fourth-order valence-electron chi connectivity index (χ4n) is 6.55. The van der Waals surface area contributed by atoms with Crippen molar-refractivity contribution in [3.05, 3.63) is 89.1 Å². The molecule has 3 aromatic carbocycles. The molecule has 172 valence electrons. The van der Waals surface area contributed by atoms with Gasteiger partial charge in [0.05, 0.1) is 23.3 Å². The summed E-state index contributed by atoms with van der Waals surface area (Å²) in [6, 6.07) is 22.7. The van der Waals surface area contributed by atoms with Gasteiger partial charge in [0.2, 0.25) is 0 Å². The summed E-state index contributed by atoms with van der Waals surface area (Å²) >= 11 is 6.50. The number of aromatic nitrogens is 2. The maximum Gasteiger partial charge on any atom is 0.165 e. The fourth-order valence-corrected chi connectivity index (χ4v) is 6.76. The molecule has 0 radical (unpaired) electrons. The molecule has 1 heterocycles. The summed E-state index contributed by atoms with van der Waals surface area (Å²) in [6.07, 6.45) is 7.54. The first-order valence-electron chi connectivity index (χ1n) is 12.3.